The van der Waals surface area contributed by atoms with Gasteiger partial charge in [0, 0.05) is 17.3 Å². The molecule has 0 bridgehead atoms. The largest absolute Gasteiger partial charge is 0.365 e. The van der Waals surface area contributed by atoms with Crippen LogP contribution in [0.4, 0.5) is 0 Å². The van der Waals surface area contributed by atoms with Gasteiger partial charge in [0.25, 0.3) is 5.91 Å². The summed E-state index contributed by atoms with van der Waals surface area (Å²) in [7, 11) is 0. The van der Waals surface area contributed by atoms with Crippen LogP contribution in [-0.4, -0.2) is 15.7 Å². The van der Waals surface area contributed by atoms with Crippen molar-refractivity contribution >= 4 is 12.0 Å². The quantitative estimate of drug-likeness (QED) is 0.560. The summed E-state index contributed by atoms with van der Waals surface area (Å²) in [6, 6.07) is 17.9. The molecule has 1 amide bonds. The summed E-state index contributed by atoms with van der Waals surface area (Å²) in [5, 5.41) is 13.9. The lowest BCUT2D eigenvalue weighted by molar-refractivity contribution is -0.114. The number of rotatable bonds is 5. The average Bonchev–Trinajstić information content (AvgIpc) is 3.05. The topological polar surface area (TPSA) is 84.7 Å². The molecule has 0 aliphatic heterocycles. The Kier molecular flexibility index (Phi) is 5.18. The number of hydrogen-bond acceptors (Lipinski definition) is 3. The summed E-state index contributed by atoms with van der Waals surface area (Å²) in [6.07, 6.45) is 3.33. The maximum absolute atomic E-state index is 11.5. The highest BCUT2D eigenvalue weighted by molar-refractivity contribution is 6.01. The minimum absolute atomic E-state index is 0.0978. The van der Waals surface area contributed by atoms with E-state index in [2.05, 4.69) is 13.0 Å². The maximum Gasteiger partial charge on any atom is 0.259 e. The second-order valence-corrected chi connectivity index (χ2v) is 6.45. The third-order valence-electron chi connectivity index (χ3n) is 4.44. The van der Waals surface area contributed by atoms with Crippen LogP contribution in [0.2, 0.25) is 0 Å². The number of benzene rings is 2. The first-order chi connectivity index (χ1) is 13.0. The Balaban J connectivity index is 2.10. The number of nitrogens with two attached hydrogens (primary N) is 1. The summed E-state index contributed by atoms with van der Waals surface area (Å²) >= 11 is 0. The molecule has 27 heavy (non-hydrogen) atoms. The highest BCUT2D eigenvalue weighted by Crippen LogP contribution is 2.26. The van der Waals surface area contributed by atoms with Crippen LogP contribution in [0.5, 0.6) is 0 Å². The van der Waals surface area contributed by atoms with Gasteiger partial charge in [-0.15, -0.1) is 0 Å². The van der Waals surface area contributed by atoms with Gasteiger partial charge in [-0.1, -0.05) is 42.5 Å². The van der Waals surface area contributed by atoms with Crippen LogP contribution in [0.25, 0.3) is 17.3 Å². The van der Waals surface area contributed by atoms with E-state index in [1.165, 1.54) is 11.6 Å². The van der Waals surface area contributed by atoms with E-state index in [-0.39, 0.29) is 5.57 Å². The SMILES string of the molecule is Cc1ccc(-c2nn(Cc3ccccc3)cc2/C=C(\C#N)C(N)=O)cc1C. The molecule has 5 heteroatoms. The summed E-state index contributed by atoms with van der Waals surface area (Å²) in [5.41, 5.74) is 11.0. The van der Waals surface area contributed by atoms with Gasteiger partial charge in [-0.2, -0.15) is 10.4 Å². The number of nitriles is 1. The van der Waals surface area contributed by atoms with Gasteiger partial charge in [0.05, 0.1) is 12.2 Å². The van der Waals surface area contributed by atoms with Crippen LogP contribution in [0.15, 0.2) is 60.3 Å². The predicted molar refractivity (Wildman–Crippen MR) is 105 cm³/mol. The van der Waals surface area contributed by atoms with Crippen molar-refractivity contribution in [3.8, 4) is 17.3 Å². The van der Waals surface area contributed by atoms with Crippen molar-refractivity contribution in [1.29, 1.82) is 5.26 Å². The molecule has 0 aliphatic rings. The first-order valence-corrected chi connectivity index (χ1v) is 8.58. The molecule has 0 radical (unpaired) electrons. The van der Waals surface area contributed by atoms with Gasteiger partial charge in [-0.05, 0) is 42.7 Å². The monoisotopic (exact) mass is 356 g/mol. The lowest BCUT2D eigenvalue weighted by Crippen LogP contribution is -2.12. The molecular weight excluding hydrogens is 336 g/mol. The van der Waals surface area contributed by atoms with Gasteiger partial charge < -0.3 is 5.73 Å². The van der Waals surface area contributed by atoms with Crippen molar-refractivity contribution in [1.82, 2.24) is 9.78 Å². The lowest BCUT2D eigenvalue weighted by atomic mass is 10.0. The molecule has 5 nitrogen and oxygen atoms in total. The maximum atomic E-state index is 11.5. The number of carbonyl (C=O) groups is 1. The highest BCUT2D eigenvalue weighted by atomic mass is 16.1. The van der Waals surface area contributed by atoms with Gasteiger partial charge in [0.2, 0.25) is 0 Å². The molecule has 2 N–H and O–H groups in total. The molecule has 0 aliphatic carbocycles. The minimum atomic E-state index is -0.751. The fraction of sp³-hybridized carbons (Fsp3) is 0.136. The minimum Gasteiger partial charge on any atom is -0.365 e. The second-order valence-electron chi connectivity index (χ2n) is 6.45. The van der Waals surface area contributed by atoms with E-state index >= 15 is 0 Å². The van der Waals surface area contributed by atoms with Crippen LogP contribution < -0.4 is 5.73 Å². The lowest BCUT2D eigenvalue weighted by Gasteiger charge is -2.04. The average molecular weight is 356 g/mol. The van der Waals surface area contributed by atoms with Crippen LogP contribution >= 0.6 is 0 Å². The van der Waals surface area contributed by atoms with Gasteiger partial charge in [0.1, 0.15) is 11.6 Å². The van der Waals surface area contributed by atoms with Crippen LogP contribution in [0.1, 0.15) is 22.3 Å². The fourth-order valence-electron chi connectivity index (χ4n) is 2.82. The van der Waals surface area contributed by atoms with Crippen molar-refractivity contribution in [2.45, 2.75) is 20.4 Å². The molecule has 0 spiro atoms. The zero-order chi connectivity index (χ0) is 19.4. The van der Waals surface area contributed by atoms with Gasteiger partial charge in [0.15, 0.2) is 0 Å². The summed E-state index contributed by atoms with van der Waals surface area (Å²) < 4.78 is 1.81. The van der Waals surface area contributed by atoms with Crippen LogP contribution in [-0.2, 0) is 11.3 Å². The molecule has 0 unspecified atom stereocenters. The number of nitrogens with zero attached hydrogens (tertiary/aromatic N) is 3. The zero-order valence-electron chi connectivity index (χ0n) is 15.3. The summed E-state index contributed by atoms with van der Waals surface area (Å²) in [4.78, 5) is 11.5. The van der Waals surface area contributed by atoms with Crippen LogP contribution in [0.3, 0.4) is 0 Å². The van der Waals surface area contributed by atoms with Crippen molar-refractivity contribution < 1.29 is 4.79 Å². The first kappa shape index (κ1) is 18.2. The number of aromatic nitrogens is 2. The van der Waals surface area contributed by atoms with E-state index in [0.29, 0.717) is 17.8 Å². The van der Waals surface area contributed by atoms with Crippen molar-refractivity contribution in [2.24, 2.45) is 5.73 Å². The molecule has 1 heterocycles. The molecular formula is C22H20N4O. The molecule has 0 saturated heterocycles. The molecule has 0 atom stereocenters. The highest BCUT2D eigenvalue weighted by Gasteiger charge is 2.13. The predicted octanol–water partition coefficient (Wildman–Crippen LogP) is 3.61. The summed E-state index contributed by atoms with van der Waals surface area (Å²) in [5.74, 6) is -0.751. The Labute approximate surface area is 158 Å². The zero-order valence-corrected chi connectivity index (χ0v) is 15.3. The van der Waals surface area contributed by atoms with E-state index in [1.54, 1.807) is 0 Å². The molecule has 0 fully saturated rings. The smallest absolute Gasteiger partial charge is 0.259 e. The summed E-state index contributed by atoms with van der Waals surface area (Å²) in [6.45, 7) is 4.68. The number of primary amides is 1. The number of aryl methyl sites for hydroxylation is 2. The third-order valence-corrected chi connectivity index (χ3v) is 4.44. The van der Waals surface area contributed by atoms with E-state index < -0.39 is 5.91 Å². The van der Waals surface area contributed by atoms with Gasteiger partial charge >= 0.3 is 0 Å². The number of carbonyl (C=O) groups excluding carboxylic acids is 1. The standard InChI is InChI=1S/C22H20N4O/c1-15-8-9-18(10-16(15)2)21-20(11-19(12-23)22(24)27)14-26(25-21)13-17-6-4-3-5-7-17/h3-11,14H,13H2,1-2H3,(H2,24,27)/b19-11+. The number of hydrogen-bond donors (Lipinski definition) is 1. The molecule has 3 rings (SSSR count). The van der Waals surface area contributed by atoms with Gasteiger partial charge in [-0.3, -0.25) is 9.48 Å². The Morgan fingerprint density at radius 1 is 1.19 bits per heavy atom. The molecule has 0 saturated carbocycles. The van der Waals surface area contributed by atoms with Crippen LogP contribution in [0, 0.1) is 25.2 Å². The Morgan fingerprint density at radius 2 is 1.93 bits per heavy atom. The van der Waals surface area contributed by atoms with E-state index in [9.17, 15) is 10.1 Å². The van der Waals surface area contributed by atoms with Crippen molar-refractivity contribution in [3.63, 3.8) is 0 Å². The Morgan fingerprint density at radius 3 is 2.56 bits per heavy atom. The first-order valence-electron chi connectivity index (χ1n) is 8.58. The normalized spacial score (nSPS) is 11.2. The van der Waals surface area contributed by atoms with Crippen molar-refractivity contribution in [2.75, 3.05) is 0 Å². The molecule has 3 aromatic rings. The van der Waals surface area contributed by atoms with E-state index in [1.807, 2.05) is 66.3 Å². The Hall–Kier alpha value is -3.65. The van der Waals surface area contributed by atoms with E-state index in [4.69, 9.17) is 10.8 Å². The second kappa shape index (κ2) is 7.71. The van der Waals surface area contributed by atoms with E-state index in [0.717, 1.165) is 16.7 Å². The van der Waals surface area contributed by atoms with Crippen molar-refractivity contribution in [3.05, 3.63) is 82.6 Å². The third kappa shape index (κ3) is 4.13. The molecule has 2 aromatic carbocycles. The Bertz CT molecular complexity index is 1060. The van der Waals surface area contributed by atoms with Gasteiger partial charge in [-0.25, -0.2) is 0 Å². The molecule has 1 aromatic heterocycles. The fourth-order valence-corrected chi connectivity index (χ4v) is 2.82. The molecule has 134 valence electrons. The number of amides is 1.